The molecule has 0 bridgehead atoms. The van der Waals surface area contributed by atoms with E-state index in [1.54, 1.807) is 0 Å². The molecule has 84 valence electrons. The molecule has 7 heteroatoms. The van der Waals surface area contributed by atoms with Gasteiger partial charge in [0.2, 0.25) is 0 Å². The Labute approximate surface area is 89.6 Å². The molecule has 1 aromatic rings. The molecule has 0 unspecified atom stereocenters. The predicted molar refractivity (Wildman–Crippen MR) is 50.8 cm³/mol. The van der Waals surface area contributed by atoms with Gasteiger partial charge in [-0.15, -0.1) is 0 Å². The number of halogens is 2. The summed E-state index contributed by atoms with van der Waals surface area (Å²) in [6, 6.07) is 2.48. The molecule has 0 spiro atoms. The fourth-order valence-corrected chi connectivity index (χ4v) is 1.77. The number of aromatic carboxylic acids is 1. The topological polar surface area (TPSA) is 66.8 Å². The summed E-state index contributed by atoms with van der Waals surface area (Å²) >= 11 is 0. The molecule has 0 saturated carbocycles. The second-order valence-electron chi connectivity index (χ2n) is 3.37. The van der Waals surface area contributed by atoms with E-state index in [0.29, 0.717) is 5.56 Å². The molecule has 1 aliphatic rings. The van der Waals surface area contributed by atoms with Crippen molar-refractivity contribution >= 4 is 18.6 Å². The third-order valence-electron chi connectivity index (χ3n) is 2.47. The molecule has 0 amide bonds. The van der Waals surface area contributed by atoms with Crippen LogP contribution >= 0.6 is 0 Å². The van der Waals surface area contributed by atoms with E-state index in [0.717, 1.165) is 6.07 Å². The van der Waals surface area contributed by atoms with Gasteiger partial charge in [-0.05, 0) is 17.1 Å². The van der Waals surface area contributed by atoms with Gasteiger partial charge >= 0.3 is 13.1 Å². The number of benzene rings is 1. The Morgan fingerprint density at radius 2 is 2.19 bits per heavy atom. The number of carboxylic acids is 1. The van der Waals surface area contributed by atoms with E-state index in [4.69, 9.17) is 9.76 Å². The lowest BCUT2D eigenvalue weighted by Crippen LogP contribution is -2.33. The van der Waals surface area contributed by atoms with Gasteiger partial charge in [-0.25, -0.2) is 13.6 Å². The Morgan fingerprint density at radius 1 is 1.50 bits per heavy atom. The molecular weight excluding hydrogens is 221 g/mol. The van der Waals surface area contributed by atoms with Crippen molar-refractivity contribution in [2.75, 3.05) is 0 Å². The second-order valence-corrected chi connectivity index (χ2v) is 3.37. The number of alkyl halides is 2. The summed E-state index contributed by atoms with van der Waals surface area (Å²) in [5.74, 6) is -1.45. The fourth-order valence-electron chi connectivity index (χ4n) is 1.77. The van der Waals surface area contributed by atoms with Crippen LogP contribution in [0.5, 0.6) is 0 Å². The summed E-state index contributed by atoms with van der Waals surface area (Å²) < 4.78 is 30.4. The third kappa shape index (κ3) is 1.58. The summed E-state index contributed by atoms with van der Waals surface area (Å²) in [5, 5.41) is 18.1. The fraction of sp³-hybridized carbons (Fsp3) is 0.222. The maximum absolute atomic E-state index is 12.8. The van der Waals surface area contributed by atoms with E-state index < -0.39 is 30.6 Å². The number of hydrogen-bond donors (Lipinski definition) is 2. The lowest BCUT2D eigenvalue weighted by Gasteiger charge is -2.10. The zero-order valence-corrected chi connectivity index (χ0v) is 7.98. The summed E-state index contributed by atoms with van der Waals surface area (Å²) in [6.45, 7) is 0.0100. The zero-order chi connectivity index (χ0) is 11.9. The molecule has 1 heterocycles. The first kappa shape index (κ1) is 11.0. The van der Waals surface area contributed by atoms with Crippen molar-refractivity contribution in [2.45, 2.75) is 13.0 Å². The molecule has 0 radical (unpaired) electrons. The van der Waals surface area contributed by atoms with E-state index in [1.165, 1.54) is 6.07 Å². The van der Waals surface area contributed by atoms with Crippen molar-refractivity contribution in [1.82, 2.24) is 0 Å². The minimum atomic E-state index is -2.96. The molecule has 1 aliphatic heterocycles. The van der Waals surface area contributed by atoms with E-state index in [9.17, 15) is 18.6 Å². The van der Waals surface area contributed by atoms with Crippen LogP contribution in [0.25, 0.3) is 0 Å². The van der Waals surface area contributed by atoms with E-state index >= 15 is 0 Å². The quantitative estimate of drug-likeness (QED) is 0.725. The molecule has 0 aromatic heterocycles. The van der Waals surface area contributed by atoms with Crippen LogP contribution in [0.4, 0.5) is 8.78 Å². The third-order valence-corrected chi connectivity index (χ3v) is 2.47. The van der Waals surface area contributed by atoms with E-state index in [2.05, 4.69) is 0 Å². The van der Waals surface area contributed by atoms with Crippen LogP contribution in [0, 0.1) is 0 Å². The Hall–Kier alpha value is -1.47. The van der Waals surface area contributed by atoms with Gasteiger partial charge in [0.1, 0.15) is 0 Å². The largest absolute Gasteiger partial charge is 0.492 e. The van der Waals surface area contributed by atoms with Crippen molar-refractivity contribution in [3.8, 4) is 0 Å². The lowest BCUT2D eigenvalue weighted by molar-refractivity contribution is 0.0685. The zero-order valence-electron chi connectivity index (χ0n) is 7.98. The molecule has 2 N–H and O–H groups in total. The normalized spacial score (nSPS) is 14.4. The number of carboxylic acid groups (broad SMARTS) is 1. The summed E-state index contributed by atoms with van der Waals surface area (Å²) in [6.07, 6.45) is -2.96. The highest BCUT2D eigenvalue weighted by Gasteiger charge is 2.35. The van der Waals surface area contributed by atoms with E-state index in [1.807, 2.05) is 0 Å². The van der Waals surface area contributed by atoms with Crippen molar-refractivity contribution in [3.63, 3.8) is 0 Å². The van der Waals surface area contributed by atoms with Gasteiger partial charge in [0.15, 0.2) is 0 Å². The van der Waals surface area contributed by atoms with Crippen molar-refractivity contribution < 1.29 is 28.4 Å². The maximum atomic E-state index is 12.8. The number of fused-ring (bicyclic) bond motifs is 1. The van der Waals surface area contributed by atoms with Gasteiger partial charge in [-0.2, -0.15) is 0 Å². The standard InChI is InChI=1S/C9H7BF2O4/c11-8(12)6-5(9(13)14)2-1-4-3-16-10(15)7(4)6/h1-2,8,15H,3H2,(H,13,14). The first-order valence-corrected chi connectivity index (χ1v) is 4.49. The molecule has 4 nitrogen and oxygen atoms in total. The maximum Gasteiger partial charge on any atom is 0.492 e. The van der Waals surface area contributed by atoms with Crippen LogP contribution in [-0.2, 0) is 11.3 Å². The Kier molecular flexibility index (Phi) is 2.65. The summed E-state index contributed by atoms with van der Waals surface area (Å²) in [5.41, 5.74) is -0.879. The Morgan fingerprint density at radius 3 is 2.75 bits per heavy atom. The van der Waals surface area contributed by atoms with Gasteiger partial charge in [-0.1, -0.05) is 6.07 Å². The van der Waals surface area contributed by atoms with Crippen LogP contribution in [-0.4, -0.2) is 23.2 Å². The van der Waals surface area contributed by atoms with Crippen molar-refractivity contribution in [3.05, 3.63) is 28.8 Å². The second kappa shape index (κ2) is 3.84. The number of carbonyl (C=O) groups is 1. The number of rotatable bonds is 2. The SMILES string of the molecule is O=C(O)c1ccc2c(c1C(F)F)B(O)OC2. The van der Waals surface area contributed by atoms with Gasteiger partial charge in [0.05, 0.1) is 12.2 Å². The van der Waals surface area contributed by atoms with Gasteiger partial charge in [0, 0.05) is 5.56 Å². The molecule has 0 fully saturated rings. The minimum Gasteiger partial charge on any atom is -0.478 e. The molecule has 0 aliphatic carbocycles. The highest BCUT2D eigenvalue weighted by molar-refractivity contribution is 6.62. The summed E-state index contributed by atoms with van der Waals surface area (Å²) in [7, 11) is -1.47. The number of hydrogen-bond acceptors (Lipinski definition) is 3. The van der Waals surface area contributed by atoms with E-state index in [-0.39, 0.29) is 12.1 Å². The summed E-state index contributed by atoms with van der Waals surface area (Å²) in [4.78, 5) is 10.8. The van der Waals surface area contributed by atoms with Gasteiger partial charge in [-0.3, -0.25) is 0 Å². The molecule has 0 atom stereocenters. The first-order valence-electron chi connectivity index (χ1n) is 4.49. The van der Waals surface area contributed by atoms with Crippen LogP contribution < -0.4 is 5.46 Å². The lowest BCUT2D eigenvalue weighted by atomic mass is 9.75. The Bertz CT molecular complexity index is 449. The monoisotopic (exact) mass is 228 g/mol. The highest BCUT2D eigenvalue weighted by Crippen LogP contribution is 2.25. The van der Waals surface area contributed by atoms with Gasteiger partial charge < -0.3 is 14.8 Å². The predicted octanol–water partition coefficient (Wildman–Crippen LogP) is 0.540. The molecule has 0 saturated heterocycles. The molecule has 1 aromatic carbocycles. The van der Waals surface area contributed by atoms with Crippen molar-refractivity contribution in [1.29, 1.82) is 0 Å². The molecule has 16 heavy (non-hydrogen) atoms. The van der Waals surface area contributed by atoms with Crippen LogP contribution in [0.1, 0.15) is 27.9 Å². The van der Waals surface area contributed by atoms with Crippen LogP contribution in [0.15, 0.2) is 12.1 Å². The average Bonchev–Trinajstić information content (AvgIpc) is 2.59. The average molecular weight is 228 g/mol. The van der Waals surface area contributed by atoms with Crippen LogP contribution in [0.2, 0.25) is 0 Å². The van der Waals surface area contributed by atoms with Crippen LogP contribution in [0.3, 0.4) is 0 Å². The minimum absolute atomic E-state index is 0.0100. The first-order chi connectivity index (χ1) is 7.52. The molecular formula is C9H7BF2O4. The Balaban J connectivity index is 2.68. The highest BCUT2D eigenvalue weighted by atomic mass is 19.3. The van der Waals surface area contributed by atoms with Gasteiger partial charge in [0.25, 0.3) is 6.43 Å². The molecule has 2 rings (SSSR count). The van der Waals surface area contributed by atoms with Crippen molar-refractivity contribution in [2.24, 2.45) is 0 Å². The smallest absolute Gasteiger partial charge is 0.478 e.